The molecule has 0 bridgehead atoms. The lowest BCUT2D eigenvalue weighted by Crippen LogP contribution is -2.52. The SMILES string of the molecule is C[C@]12CCC3[C@@H](CC[C@H]4CCCC[C@]34C)C1CC=C2OS(=O)(=O)C(F)(F)F. The van der Waals surface area contributed by atoms with Crippen molar-refractivity contribution < 1.29 is 25.8 Å². The normalized spacial score (nSPS) is 44.7. The van der Waals surface area contributed by atoms with Crippen LogP contribution in [0.2, 0.25) is 0 Å². The fourth-order valence-corrected chi connectivity index (χ4v) is 7.71. The van der Waals surface area contributed by atoms with Gasteiger partial charge in [0.1, 0.15) is 5.76 Å². The van der Waals surface area contributed by atoms with Gasteiger partial charge in [0.15, 0.2) is 0 Å². The summed E-state index contributed by atoms with van der Waals surface area (Å²) in [7, 11) is -5.60. The largest absolute Gasteiger partial charge is 0.534 e. The van der Waals surface area contributed by atoms with Crippen LogP contribution >= 0.6 is 0 Å². The van der Waals surface area contributed by atoms with Crippen molar-refractivity contribution in [2.24, 2.45) is 34.5 Å². The van der Waals surface area contributed by atoms with Crippen molar-refractivity contribution in [3.63, 3.8) is 0 Å². The molecular formula is C20H29F3O3S. The first-order valence-corrected chi connectivity index (χ1v) is 11.6. The predicted molar refractivity (Wildman–Crippen MR) is 95.9 cm³/mol. The number of hydrogen-bond donors (Lipinski definition) is 0. The van der Waals surface area contributed by atoms with E-state index in [1.807, 2.05) is 6.92 Å². The number of fused-ring (bicyclic) bond motifs is 5. The molecule has 0 radical (unpaired) electrons. The lowest BCUT2D eigenvalue weighted by molar-refractivity contribution is -0.104. The summed E-state index contributed by atoms with van der Waals surface area (Å²) in [5, 5.41) is 0. The fraction of sp³-hybridized carbons (Fsp3) is 0.900. The molecule has 4 aliphatic rings. The monoisotopic (exact) mass is 406 g/mol. The van der Waals surface area contributed by atoms with E-state index in [-0.39, 0.29) is 11.7 Å². The molecule has 3 nitrogen and oxygen atoms in total. The highest BCUT2D eigenvalue weighted by Gasteiger charge is 2.60. The van der Waals surface area contributed by atoms with E-state index in [0.717, 1.165) is 18.8 Å². The molecule has 0 aromatic carbocycles. The lowest BCUT2D eigenvalue weighted by Gasteiger charge is -2.60. The Balaban J connectivity index is 1.58. The maximum atomic E-state index is 12.8. The Bertz CT molecular complexity index is 744. The van der Waals surface area contributed by atoms with Crippen molar-refractivity contribution in [2.75, 3.05) is 0 Å². The molecule has 0 aromatic heterocycles. The molecule has 0 aromatic rings. The van der Waals surface area contributed by atoms with Gasteiger partial charge in [0.05, 0.1) is 0 Å². The van der Waals surface area contributed by atoms with Crippen LogP contribution in [0, 0.1) is 34.5 Å². The van der Waals surface area contributed by atoms with Gasteiger partial charge < -0.3 is 4.18 Å². The first-order valence-electron chi connectivity index (χ1n) is 10.2. The van der Waals surface area contributed by atoms with Gasteiger partial charge in [-0.15, -0.1) is 0 Å². The third-order valence-electron chi connectivity index (χ3n) is 8.58. The minimum atomic E-state index is -5.60. The summed E-state index contributed by atoms with van der Waals surface area (Å²) < 4.78 is 66.2. The summed E-state index contributed by atoms with van der Waals surface area (Å²) in [6.07, 6.45) is 11.4. The second kappa shape index (κ2) is 6.14. The van der Waals surface area contributed by atoms with Crippen LogP contribution < -0.4 is 0 Å². The van der Waals surface area contributed by atoms with Gasteiger partial charge in [-0.3, -0.25) is 0 Å². The Morgan fingerprint density at radius 3 is 2.48 bits per heavy atom. The van der Waals surface area contributed by atoms with Gasteiger partial charge in [-0.05, 0) is 80.1 Å². The zero-order valence-electron chi connectivity index (χ0n) is 16.0. The standard InChI is InChI=1S/C20H29F3O3S/c1-18-11-4-3-5-13(18)6-7-14-15-8-9-17(19(15,2)12-10-16(14)18)26-27(24,25)20(21,22)23/h9,13-16H,3-8,10-12H2,1-2H3/t13-,14+,15?,16?,18+,19+/m1/s1. The van der Waals surface area contributed by atoms with Crippen LogP contribution in [0.15, 0.2) is 11.8 Å². The van der Waals surface area contributed by atoms with Gasteiger partial charge in [-0.25, -0.2) is 0 Å². The first-order chi connectivity index (χ1) is 12.5. The molecule has 0 heterocycles. The number of hydrogen-bond acceptors (Lipinski definition) is 3. The molecule has 7 heteroatoms. The smallest absolute Gasteiger partial charge is 0.380 e. The second-order valence-electron chi connectivity index (χ2n) is 9.65. The number of rotatable bonds is 2. The van der Waals surface area contributed by atoms with E-state index < -0.39 is 21.0 Å². The van der Waals surface area contributed by atoms with Crippen LogP contribution in [0.4, 0.5) is 13.2 Å². The minimum Gasteiger partial charge on any atom is -0.380 e. The van der Waals surface area contributed by atoms with Crippen molar-refractivity contribution in [3.05, 3.63) is 11.8 Å². The summed E-state index contributed by atoms with van der Waals surface area (Å²) in [4.78, 5) is 0. The third kappa shape index (κ3) is 2.85. The van der Waals surface area contributed by atoms with Crippen LogP contribution in [0.5, 0.6) is 0 Å². The Morgan fingerprint density at radius 1 is 1.04 bits per heavy atom. The predicted octanol–water partition coefficient (Wildman–Crippen LogP) is 5.78. The summed E-state index contributed by atoms with van der Waals surface area (Å²) in [5.41, 5.74) is -5.64. The van der Waals surface area contributed by atoms with Crippen molar-refractivity contribution in [2.45, 2.75) is 77.1 Å². The van der Waals surface area contributed by atoms with E-state index in [1.54, 1.807) is 6.08 Å². The molecule has 2 unspecified atom stereocenters. The van der Waals surface area contributed by atoms with Gasteiger partial charge in [-0.1, -0.05) is 26.7 Å². The van der Waals surface area contributed by atoms with Crippen LogP contribution in [0.25, 0.3) is 0 Å². The number of alkyl halides is 3. The molecule has 0 N–H and O–H groups in total. The topological polar surface area (TPSA) is 43.4 Å². The van der Waals surface area contributed by atoms with Crippen LogP contribution in [0.1, 0.15) is 71.6 Å². The molecule has 4 aliphatic carbocycles. The van der Waals surface area contributed by atoms with Crippen molar-refractivity contribution in [3.8, 4) is 0 Å². The van der Waals surface area contributed by atoms with Gasteiger partial charge in [0.2, 0.25) is 0 Å². The van der Waals surface area contributed by atoms with Crippen LogP contribution in [-0.4, -0.2) is 13.9 Å². The Labute approximate surface area is 159 Å². The molecule has 0 saturated heterocycles. The van der Waals surface area contributed by atoms with E-state index in [9.17, 15) is 21.6 Å². The van der Waals surface area contributed by atoms with Crippen molar-refractivity contribution >= 4 is 10.1 Å². The zero-order valence-corrected chi connectivity index (χ0v) is 16.8. The Morgan fingerprint density at radius 2 is 1.78 bits per heavy atom. The summed E-state index contributed by atoms with van der Waals surface area (Å²) in [6, 6.07) is 0. The molecule has 0 spiro atoms. The second-order valence-corrected chi connectivity index (χ2v) is 11.2. The van der Waals surface area contributed by atoms with Crippen molar-refractivity contribution in [1.29, 1.82) is 0 Å². The minimum absolute atomic E-state index is 0.0270. The van der Waals surface area contributed by atoms with Crippen molar-refractivity contribution in [1.82, 2.24) is 0 Å². The highest BCUT2D eigenvalue weighted by atomic mass is 32.2. The Kier molecular flexibility index (Phi) is 4.45. The zero-order chi connectivity index (χ0) is 19.7. The average Bonchev–Trinajstić information content (AvgIpc) is 2.89. The van der Waals surface area contributed by atoms with Gasteiger partial charge in [0, 0.05) is 5.41 Å². The van der Waals surface area contributed by atoms with Gasteiger partial charge in [-0.2, -0.15) is 21.6 Å². The third-order valence-corrected chi connectivity index (χ3v) is 9.54. The van der Waals surface area contributed by atoms with Gasteiger partial charge >= 0.3 is 15.6 Å². The van der Waals surface area contributed by atoms with Crippen LogP contribution in [-0.2, 0) is 14.3 Å². The van der Waals surface area contributed by atoms with Gasteiger partial charge in [0.25, 0.3) is 0 Å². The number of allylic oxidation sites excluding steroid dienone is 2. The summed E-state index contributed by atoms with van der Waals surface area (Å²) in [5.74, 6) is 2.04. The quantitative estimate of drug-likeness (QED) is 0.431. The van der Waals surface area contributed by atoms with E-state index in [4.69, 9.17) is 0 Å². The highest BCUT2D eigenvalue weighted by molar-refractivity contribution is 7.87. The van der Waals surface area contributed by atoms with E-state index >= 15 is 0 Å². The highest BCUT2D eigenvalue weighted by Crippen LogP contribution is 2.66. The summed E-state index contributed by atoms with van der Waals surface area (Å²) in [6.45, 7) is 4.35. The first kappa shape index (κ1) is 19.6. The average molecular weight is 407 g/mol. The molecule has 154 valence electrons. The Hall–Kier alpha value is -0.720. The molecule has 4 rings (SSSR count). The van der Waals surface area contributed by atoms with E-state index in [2.05, 4.69) is 11.1 Å². The van der Waals surface area contributed by atoms with E-state index in [1.165, 1.54) is 32.1 Å². The molecule has 0 aliphatic heterocycles. The number of halogens is 3. The maximum Gasteiger partial charge on any atom is 0.534 e. The summed E-state index contributed by atoms with van der Waals surface area (Å²) >= 11 is 0. The molecular weight excluding hydrogens is 377 g/mol. The van der Waals surface area contributed by atoms with Crippen LogP contribution in [0.3, 0.4) is 0 Å². The lowest BCUT2D eigenvalue weighted by atomic mass is 9.45. The molecule has 27 heavy (non-hydrogen) atoms. The molecule has 0 amide bonds. The maximum absolute atomic E-state index is 12.8. The van der Waals surface area contributed by atoms with E-state index in [0.29, 0.717) is 30.1 Å². The molecule has 3 saturated carbocycles. The molecule has 6 atom stereocenters. The fourth-order valence-electron chi connectivity index (χ4n) is 7.12. The molecule has 3 fully saturated rings.